The zero-order chi connectivity index (χ0) is 13.3. The second kappa shape index (κ2) is 4.97. The summed E-state index contributed by atoms with van der Waals surface area (Å²) in [5, 5.41) is 10.1. The molecule has 1 aliphatic carbocycles. The number of methoxy groups -OCH3 is 1. The topological polar surface area (TPSA) is 84.3 Å². The van der Waals surface area contributed by atoms with Gasteiger partial charge in [0.05, 0.1) is 11.7 Å². The molecule has 0 radical (unpaired) electrons. The molecule has 6 nitrogen and oxygen atoms in total. The minimum absolute atomic E-state index is 0.0880. The number of aromatic nitrogens is 2. The fourth-order valence-electron chi connectivity index (χ4n) is 2.33. The maximum Gasteiger partial charge on any atom is 0.331 e. The summed E-state index contributed by atoms with van der Waals surface area (Å²) in [6.45, 7) is 1.92. The highest BCUT2D eigenvalue weighted by Crippen LogP contribution is 2.35. The summed E-state index contributed by atoms with van der Waals surface area (Å²) in [6, 6.07) is -0.0880. The average molecular weight is 254 g/mol. The van der Waals surface area contributed by atoms with Gasteiger partial charge < -0.3 is 9.84 Å². The second-order valence-corrected chi connectivity index (χ2v) is 4.66. The lowest BCUT2D eigenvalue weighted by Gasteiger charge is -2.35. The molecule has 1 fully saturated rings. The van der Waals surface area contributed by atoms with Crippen molar-refractivity contribution in [3.63, 3.8) is 0 Å². The third kappa shape index (κ3) is 2.08. The summed E-state index contributed by atoms with van der Waals surface area (Å²) in [5.41, 5.74) is -0.743. The van der Waals surface area contributed by atoms with Gasteiger partial charge in [0.15, 0.2) is 0 Å². The van der Waals surface area contributed by atoms with E-state index in [1.807, 2.05) is 6.92 Å². The van der Waals surface area contributed by atoms with Crippen LogP contribution in [0, 0.1) is 0 Å². The van der Waals surface area contributed by atoms with Crippen LogP contribution < -0.4 is 11.2 Å². The Kier molecular flexibility index (Phi) is 3.56. The largest absolute Gasteiger partial charge is 0.494 e. The summed E-state index contributed by atoms with van der Waals surface area (Å²) in [4.78, 5) is 25.6. The van der Waals surface area contributed by atoms with Gasteiger partial charge in [-0.2, -0.15) is 0 Å². The Morgan fingerprint density at radius 2 is 2.11 bits per heavy atom. The van der Waals surface area contributed by atoms with Crippen molar-refractivity contribution >= 4 is 0 Å². The first-order chi connectivity index (χ1) is 8.58. The van der Waals surface area contributed by atoms with Crippen LogP contribution in [-0.4, -0.2) is 27.9 Å². The van der Waals surface area contributed by atoms with Crippen LogP contribution in [0.25, 0.3) is 0 Å². The van der Waals surface area contributed by atoms with E-state index in [2.05, 4.69) is 4.98 Å². The highest BCUT2D eigenvalue weighted by Gasteiger charge is 2.33. The van der Waals surface area contributed by atoms with Gasteiger partial charge in [0.25, 0.3) is 5.56 Å². The van der Waals surface area contributed by atoms with Gasteiger partial charge in [-0.1, -0.05) is 13.3 Å². The van der Waals surface area contributed by atoms with Gasteiger partial charge >= 0.3 is 5.69 Å². The fraction of sp³-hybridized carbons (Fsp3) is 0.667. The van der Waals surface area contributed by atoms with Crippen LogP contribution in [0.3, 0.4) is 0 Å². The zero-order valence-electron chi connectivity index (χ0n) is 10.6. The number of hydrogen-bond donors (Lipinski definition) is 2. The van der Waals surface area contributed by atoms with Crippen LogP contribution in [0.4, 0.5) is 0 Å². The van der Waals surface area contributed by atoms with Gasteiger partial charge in [0, 0.05) is 13.2 Å². The molecule has 1 saturated carbocycles. The molecule has 0 aromatic carbocycles. The Morgan fingerprint density at radius 3 is 2.67 bits per heavy atom. The molecule has 1 aromatic rings. The molecule has 0 bridgehead atoms. The summed E-state index contributed by atoms with van der Waals surface area (Å²) in [7, 11) is 1.62. The van der Waals surface area contributed by atoms with E-state index >= 15 is 0 Å². The first-order valence-electron chi connectivity index (χ1n) is 6.17. The predicted octanol–water partition coefficient (Wildman–Crippen LogP) is 0.545. The molecule has 100 valence electrons. The summed E-state index contributed by atoms with van der Waals surface area (Å²) >= 11 is 0. The Balaban J connectivity index is 2.39. The van der Waals surface area contributed by atoms with Crippen molar-refractivity contribution in [2.24, 2.45) is 0 Å². The lowest BCUT2D eigenvalue weighted by Crippen LogP contribution is -2.41. The summed E-state index contributed by atoms with van der Waals surface area (Å²) in [5.74, 6) is -0.190. The number of nitrogens with one attached hydrogen (secondary N) is 1. The molecule has 1 aromatic heterocycles. The smallest absolute Gasteiger partial charge is 0.331 e. The maximum atomic E-state index is 11.8. The number of rotatable bonds is 4. The molecular weight excluding hydrogens is 236 g/mol. The zero-order valence-corrected chi connectivity index (χ0v) is 10.6. The quantitative estimate of drug-likeness (QED) is 0.821. The van der Waals surface area contributed by atoms with Gasteiger partial charge in [-0.3, -0.25) is 14.3 Å². The molecule has 0 atom stereocenters. The Labute approximate surface area is 104 Å². The molecule has 1 aliphatic rings. The van der Waals surface area contributed by atoms with Crippen molar-refractivity contribution in [1.82, 2.24) is 9.55 Å². The van der Waals surface area contributed by atoms with Gasteiger partial charge in [0.1, 0.15) is 0 Å². The van der Waals surface area contributed by atoms with E-state index in [-0.39, 0.29) is 23.6 Å². The second-order valence-electron chi connectivity index (χ2n) is 4.66. The monoisotopic (exact) mass is 254 g/mol. The number of H-pyrrole nitrogens is 1. The average Bonchev–Trinajstić information content (AvgIpc) is 2.27. The number of aromatic hydroxyl groups is 1. The van der Waals surface area contributed by atoms with Gasteiger partial charge in [-0.15, -0.1) is 0 Å². The predicted molar refractivity (Wildman–Crippen MR) is 66.1 cm³/mol. The van der Waals surface area contributed by atoms with Crippen molar-refractivity contribution in [3.05, 3.63) is 26.4 Å². The molecule has 0 unspecified atom stereocenters. The van der Waals surface area contributed by atoms with Crippen LogP contribution in [0.1, 0.15) is 37.8 Å². The molecule has 1 heterocycles. The molecular formula is C12H18N2O4. The standard InChI is InChI=1S/C12H18N2O4/c1-3-4-9-10(15)13-12(17)14(11(9)16)7-5-8(6-7)18-2/h7-8,16H,3-6H2,1-2H3,(H,13,15,17). The number of aromatic amines is 1. The number of hydrogen-bond acceptors (Lipinski definition) is 4. The molecule has 0 spiro atoms. The van der Waals surface area contributed by atoms with Crippen LogP contribution in [0.5, 0.6) is 5.88 Å². The minimum atomic E-state index is -0.545. The van der Waals surface area contributed by atoms with E-state index in [1.165, 1.54) is 4.57 Å². The summed E-state index contributed by atoms with van der Waals surface area (Å²) < 4.78 is 6.43. The third-order valence-electron chi connectivity index (χ3n) is 3.48. The molecule has 2 rings (SSSR count). The van der Waals surface area contributed by atoms with Crippen LogP contribution in [0.2, 0.25) is 0 Å². The number of nitrogens with zero attached hydrogens (tertiary/aromatic N) is 1. The Hall–Kier alpha value is -1.56. The van der Waals surface area contributed by atoms with E-state index in [0.717, 1.165) is 6.42 Å². The molecule has 0 saturated heterocycles. The SMILES string of the molecule is CCCc1c(O)n(C2CC(OC)C2)c(=O)[nH]c1=O. The summed E-state index contributed by atoms with van der Waals surface area (Å²) in [6.07, 6.45) is 2.69. The first kappa shape index (κ1) is 12.9. The first-order valence-corrected chi connectivity index (χ1v) is 6.17. The van der Waals surface area contributed by atoms with Gasteiger partial charge in [-0.25, -0.2) is 4.79 Å². The normalized spacial score (nSPS) is 22.8. The van der Waals surface area contributed by atoms with Crippen molar-refractivity contribution in [2.75, 3.05) is 7.11 Å². The lowest BCUT2D eigenvalue weighted by molar-refractivity contribution is 0.00254. The molecule has 18 heavy (non-hydrogen) atoms. The van der Waals surface area contributed by atoms with E-state index in [9.17, 15) is 14.7 Å². The van der Waals surface area contributed by atoms with E-state index in [0.29, 0.717) is 19.3 Å². The van der Waals surface area contributed by atoms with Gasteiger partial charge in [-0.05, 0) is 19.3 Å². The van der Waals surface area contributed by atoms with E-state index in [4.69, 9.17) is 4.74 Å². The van der Waals surface area contributed by atoms with Crippen LogP contribution in [-0.2, 0) is 11.2 Å². The molecule has 2 N–H and O–H groups in total. The molecule has 6 heteroatoms. The van der Waals surface area contributed by atoms with Crippen molar-refractivity contribution in [3.8, 4) is 5.88 Å². The molecule has 0 amide bonds. The fourth-order valence-corrected chi connectivity index (χ4v) is 2.33. The highest BCUT2D eigenvalue weighted by atomic mass is 16.5. The third-order valence-corrected chi connectivity index (χ3v) is 3.48. The van der Waals surface area contributed by atoms with Crippen molar-refractivity contribution < 1.29 is 9.84 Å². The minimum Gasteiger partial charge on any atom is -0.494 e. The van der Waals surface area contributed by atoms with E-state index < -0.39 is 11.2 Å². The van der Waals surface area contributed by atoms with Crippen LogP contribution in [0.15, 0.2) is 9.59 Å². The Bertz CT molecular complexity index is 540. The van der Waals surface area contributed by atoms with Crippen LogP contribution >= 0.6 is 0 Å². The maximum absolute atomic E-state index is 11.8. The number of ether oxygens (including phenoxy) is 1. The Morgan fingerprint density at radius 1 is 1.44 bits per heavy atom. The van der Waals surface area contributed by atoms with Gasteiger partial charge in [0.2, 0.25) is 5.88 Å². The lowest BCUT2D eigenvalue weighted by atomic mass is 9.89. The van der Waals surface area contributed by atoms with E-state index in [1.54, 1.807) is 7.11 Å². The van der Waals surface area contributed by atoms with Crippen molar-refractivity contribution in [2.45, 2.75) is 44.8 Å². The van der Waals surface area contributed by atoms with Crippen molar-refractivity contribution in [1.29, 1.82) is 0 Å². The highest BCUT2D eigenvalue weighted by molar-refractivity contribution is 5.24. The molecule has 0 aliphatic heterocycles.